The summed E-state index contributed by atoms with van der Waals surface area (Å²) in [6.07, 6.45) is 2.12. The molecule has 1 saturated carbocycles. The van der Waals surface area contributed by atoms with Crippen molar-refractivity contribution in [1.82, 2.24) is 10.2 Å². The van der Waals surface area contributed by atoms with Gasteiger partial charge in [0.25, 0.3) is 0 Å². The normalized spacial score (nSPS) is 18.9. The summed E-state index contributed by atoms with van der Waals surface area (Å²) in [5, 5.41) is 3.35. The second-order valence-corrected chi connectivity index (χ2v) is 5.00. The second kappa shape index (κ2) is 7.07. The smallest absolute Gasteiger partial charge is 0.240 e. The molecule has 1 aliphatic carbocycles. The summed E-state index contributed by atoms with van der Waals surface area (Å²) < 4.78 is 5.20. The second-order valence-electron chi connectivity index (χ2n) is 5.00. The van der Waals surface area contributed by atoms with Gasteiger partial charge in [0.1, 0.15) is 5.54 Å². The molecule has 0 radical (unpaired) electrons. The molecule has 1 atom stereocenters. The maximum Gasteiger partial charge on any atom is 0.240 e. The number of nitrogens with two attached hydrogens (primary N) is 1. The third-order valence-electron chi connectivity index (χ3n) is 3.85. The van der Waals surface area contributed by atoms with Crippen molar-refractivity contribution in [3.63, 3.8) is 0 Å². The zero-order valence-corrected chi connectivity index (χ0v) is 11.9. The Morgan fingerprint density at radius 3 is 2.44 bits per heavy atom. The lowest BCUT2D eigenvalue weighted by Crippen LogP contribution is -2.61. The fraction of sp³-hybridized carbons (Fsp3) is 0.923. The van der Waals surface area contributed by atoms with Crippen LogP contribution in [0.1, 0.15) is 26.7 Å². The number of primary amides is 1. The molecule has 5 heteroatoms. The van der Waals surface area contributed by atoms with Gasteiger partial charge in [-0.2, -0.15) is 0 Å². The number of hydrogen-bond donors (Lipinski definition) is 2. The summed E-state index contributed by atoms with van der Waals surface area (Å²) >= 11 is 0. The molecule has 1 rings (SSSR count). The van der Waals surface area contributed by atoms with E-state index < -0.39 is 5.54 Å². The van der Waals surface area contributed by atoms with Crippen molar-refractivity contribution in [2.45, 2.75) is 32.2 Å². The largest absolute Gasteiger partial charge is 0.382 e. The highest BCUT2D eigenvalue weighted by Gasteiger charge is 2.49. The van der Waals surface area contributed by atoms with Crippen molar-refractivity contribution in [2.24, 2.45) is 11.7 Å². The van der Waals surface area contributed by atoms with Crippen LogP contribution in [-0.4, -0.2) is 56.2 Å². The molecule has 1 amide bonds. The van der Waals surface area contributed by atoms with Gasteiger partial charge in [0.2, 0.25) is 5.91 Å². The molecule has 106 valence electrons. The van der Waals surface area contributed by atoms with Crippen molar-refractivity contribution < 1.29 is 9.53 Å². The molecule has 0 bridgehead atoms. The van der Waals surface area contributed by atoms with Crippen molar-refractivity contribution in [3.8, 4) is 0 Å². The summed E-state index contributed by atoms with van der Waals surface area (Å²) in [7, 11) is 1.62. The third kappa shape index (κ3) is 3.67. The van der Waals surface area contributed by atoms with Gasteiger partial charge in [-0.1, -0.05) is 13.8 Å². The molecule has 1 unspecified atom stereocenters. The Labute approximate surface area is 110 Å². The Morgan fingerprint density at radius 1 is 1.44 bits per heavy atom. The third-order valence-corrected chi connectivity index (χ3v) is 3.85. The van der Waals surface area contributed by atoms with Crippen molar-refractivity contribution in [3.05, 3.63) is 0 Å². The molecule has 0 spiro atoms. The molecule has 1 fully saturated rings. The van der Waals surface area contributed by atoms with Gasteiger partial charge < -0.3 is 15.4 Å². The molecule has 0 aromatic carbocycles. The number of carbonyl (C=O) groups is 1. The quantitative estimate of drug-likeness (QED) is 0.586. The van der Waals surface area contributed by atoms with Crippen LogP contribution in [0.25, 0.3) is 0 Å². The minimum atomic E-state index is -0.665. The molecule has 0 aromatic heterocycles. The number of ether oxygens (including phenoxy) is 1. The van der Waals surface area contributed by atoms with Gasteiger partial charge in [0.15, 0.2) is 0 Å². The van der Waals surface area contributed by atoms with Gasteiger partial charge in [-0.25, -0.2) is 0 Å². The lowest BCUT2D eigenvalue weighted by atomic mass is 9.93. The van der Waals surface area contributed by atoms with E-state index in [0.29, 0.717) is 12.5 Å². The Bertz CT molecular complexity index is 265. The maximum absolute atomic E-state index is 11.8. The lowest BCUT2D eigenvalue weighted by molar-refractivity contribution is -0.127. The molecule has 1 aliphatic rings. The number of hydrogen-bond acceptors (Lipinski definition) is 4. The van der Waals surface area contributed by atoms with Crippen molar-refractivity contribution >= 4 is 5.91 Å². The topological polar surface area (TPSA) is 67.6 Å². The summed E-state index contributed by atoms with van der Waals surface area (Å²) in [5.74, 6) is 0.0537. The first kappa shape index (κ1) is 15.4. The average molecular weight is 257 g/mol. The molecule has 0 aliphatic heterocycles. The van der Waals surface area contributed by atoms with Crippen LogP contribution in [0.15, 0.2) is 0 Å². The van der Waals surface area contributed by atoms with Crippen LogP contribution in [0.3, 0.4) is 0 Å². The van der Waals surface area contributed by atoms with Crippen LogP contribution < -0.4 is 11.1 Å². The van der Waals surface area contributed by atoms with Gasteiger partial charge in [-0.15, -0.1) is 0 Å². The number of methoxy groups -OCH3 is 1. The summed E-state index contributed by atoms with van der Waals surface area (Å²) in [4.78, 5) is 14.1. The number of carbonyl (C=O) groups excluding carboxylic acids is 1. The standard InChI is InChI=1S/C13H27N3O2/c1-4-16(5-2)9-8-15-13(10-18-3,12(14)17)11-6-7-11/h11,15H,4-10H2,1-3H3,(H2,14,17). The van der Waals surface area contributed by atoms with Crippen LogP contribution in [-0.2, 0) is 9.53 Å². The lowest BCUT2D eigenvalue weighted by Gasteiger charge is -2.32. The molecule has 3 N–H and O–H groups in total. The van der Waals surface area contributed by atoms with Gasteiger partial charge in [0.05, 0.1) is 6.61 Å². The predicted octanol–water partition coefficient (Wildman–Crippen LogP) is 0.198. The highest BCUT2D eigenvalue weighted by molar-refractivity contribution is 5.85. The van der Waals surface area contributed by atoms with E-state index in [4.69, 9.17) is 10.5 Å². The summed E-state index contributed by atoms with van der Waals surface area (Å²) in [5.41, 5.74) is 4.92. The molecule has 0 saturated heterocycles. The molecule has 18 heavy (non-hydrogen) atoms. The van der Waals surface area contributed by atoms with Crippen LogP contribution in [0.4, 0.5) is 0 Å². The predicted molar refractivity (Wildman–Crippen MR) is 72.3 cm³/mol. The van der Waals surface area contributed by atoms with E-state index in [1.165, 1.54) is 0 Å². The average Bonchev–Trinajstić information content (AvgIpc) is 3.17. The van der Waals surface area contributed by atoms with Crippen LogP contribution in [0.5, 0.6) is 0 Å². The Hall–Kier alpha value is -0.650. The van der Waals surface area contributed by atoms with E-state index in [1.807, 2.05) is 0 Å². The molecular weight excluding hydrogens is 230 g/mol. The Balaban J connectivity index is 2.53. The van der Waals surface area contributed by atoms with Crippen LogP contribution in [0.2, 0.25) is 0 Å². The zero-order valence-electron chi connectivity index (χ0n) is 11.9. The van der Waals surface area contributed by atoms with Crippen molar-refractivity contribution in [1.29, 1.82) is 0 Å². The minimum Gasteiger partial charge on any atom is -0.382 e. The molecule has 0 heterocycles. The van der Waals surface area contributed by atoms with Crippen molar-refractivity contribution in [2.75, 3.05) is 39.9 Å². The fourth-order valence-corrected chi connectivity index (χ4v) is 2.45. The van der Waals surface area contributed by atoms with E-state index in [9.17, 15) is 4.79 Å². The number of rotatable bonds is 10. The van der Waals surface area contributed by atoms with Crippen LogP contribution >= 0.6 is 0 Å². The van der Waals surface area contributed by atoms with E-state index in [-0.39, 0.29) is 5.91 Å². The number of likely N-dealkylation sites (N-methyl/N-ethyl adjacent to an activating group) is 1. The number of nitrogens with zero attached hydrogens (tertiary/aromatic N) is 1. The first-order valence-corrected chi connectivity index (χ1v) is 6.86. The Morgan fingerprint density at radius 2 is 2.06 bits per heavy atom. The van der Waals surface area contributed by atoms with Crippen LogP contribution in [0, 0.1) is 5.92 Å². The van der Waals surface area contributed by atoms with E-state index in [2.05, 4.69) is 24.1 Å². The van der Waals surface area contributed by atoms with E-state index >= 15 is 0 Å². The van der Waals surface area contributed by atoms with Gasteiger partial charge >= 0.3 is 0 Å². The summed E-state index contributed by atoms with van der Waals surface area (Å²) in [6, 6.07) is 0. The zero-order chi connectivity index (χ0) is 13.6. The first-order chi connectivity index (χ1) is 8.60. The maximum atomic E-state index is 11.8. The first-order valence-electron chi connectivity index (χ1n) is 6.86. The van der Waals surface area contributed by atoms with E-state index in [0.717, 1.165) is 39.0 Å². The number of nitrogens with one attached hydrogen (secondary N) is 1. The minimum absolute atomic E-state index is 0.286. The SMILES string of the molecule is CCN(CC)CCNC(COC)(C(N)=O)C1CC1. The monoisotopic (exact) mass is 257 g/mol. The Kier molecular flexibility index (Phi) is 6.05. The van der Waals surface area contributed by atoms with Gasteiger partial charge in [-0.3, -0.25) is 10.1 Å². The fourth-order valence-electron chi connectivity index (χ4n) is 2.45. The molecule has 0 aromatic rings. The van der Waals surface area contributed by atoms with E-state index in [1.54, 1.807) is 7.11 Å². The summed E-state index contributed by atoms with van der Waals surface area (Å²) in [6.45, 7) is 8.39. The molecule has 5 nitrogen and oxygen atoms in total. The highest BCUT2D eigenvalue weighted by Crippen LogP contribution is 2.39. The highest BCUT2D eigenvalue weighted by atomic mass is 16.5. The number of amides is 1. The molecular formula is C13H27N3O2. The van der Waals surface area contributed by atoms with Gasteiger partial charge in [-0.05, 0) is 31.8 Å². The van der Waals surface area contributed by atoms with Gasteiger partial charge in [0, 0.05) is 20.2 Å².